The first-order chi connectivity index (χ1) is 9.66. The summed E-state index contributed by atoms with van der Waals surface area (Å²) in [5.41, 5.74) is 2.98. The monoisotopic (exact) mass is 281 g/mol. The molecule has 1 heterocycles. The summed E-state index contributed by atoms with van der Waals surface area (Å²) < 4.78 is 0. The molecule has 98 valence electrons. The molecule has 3 rings (SSSR count). The van der Waals surface area contributed by atoms with E-state index in [4.69, 9.17) is 11.6 Å². The van der Waals surface area contributed by atoms with Gasteiger partial charge in [-0.15, -0.1) is 0 Å². The Kier molecular flexibility index (Phi) is 3.25. The molecule has 0 aliphatic rings. The molecule has 0 N–H and O–H groups in total. The van der Waals surface area contributed by atoms with Crippen LogP contribution >= 0.6 is 11.6 Å². The number of ketones is 1. The number of rotatable bonds is 2. The summed E-state index contributed by atoms with van der Waals surface area (Å²) in [4.78, 5) is 16.8. The molecule has 0 bridgehead atoms. The maximum absolute atomic E-state index is 12.6. The molecule has 20 heavy (non-hydrogen) atoms. The Morgan fingerprint density at radius 2 is 1.95 bits per heavy atom. The quantitative estimate of drug-likeness (QED) is 0.651. The fourth-order valence-electron chi connectivity index (χ4n) is 2.23. The van der Waals surface area contributed by atoms with Crippen molar-refractivity contribution in [3.8, 4) is 0 Å². The number of benzene rings is 2. The zero-order valence-corrected chi connectivity index (χ0v) is 11.7. The first-order valence-electron chi connectivity index (χ1n) is 6.31. The number of hydrogen-bond acceptors (Lipinski definition) is 2. The lowest BCUT2D eigenvalue weighted by Gasteiger charge is -2.07. The number of fused-ring (bicyclic) bond motifs is 1. The van der Waals surface area contributed by atoms with Crippen LogP contribution in [0, 0.1) is 6.92 Å². The minimum atomic E-state index is -0.0178. The Labute approximate surface area is 122 Å². The lowest BCUT2D eigenvalue weighted by atomic mass is 9.98. The standard InChI is InChI=1S/C17H12ClNO/c1-11-14(5-2-6-15(11)18)17(20)13-7-8-16-12(10-13)4-3-9-19-16/h2-10H,1H3. The minimum Gasteiger partial charge on any atom is -0.289 e. The van der Waals surface area contributed by atoms with Gasteiger partial charge in [0.1, 0.15) is 0 Å². The molecule has 3 aromatic rings. The molecule has 0 radical (unpaired) electrons. The lowest BCUT2D eigenvalue weighted by molar-refractivity contribution is 0.103. The van der Waals surface area contributed by atoms with Crippen LogP contribution in [0.2, 0.25) is 5.02 Å². The van der Waals surface area contributed by atoms with Crippen molar-refractivity contribution in [1.29, 1.82) is 0 Å². The van der Waals surface area contributed by atoms with Crippen molar-refractivity contribution in [3.05, 3.63) is 76.4 Å². The second-order valence-electron chi connectivity index (χ2n) is 4.65. The van der Waals surface area contributed by atoms with Gasteiger partial charge in [-0.2, -0.15) is 0 Å². The van der Waals surface area contributed by atoms with Crippen molar-refractivity contribution in [1.82, 2.24) is 4.98 Å². The Balaban J connectivity index is 2.10. The number of nitrogens with zero attached hydrogens (tertiary/aromatic N) is 1. The van der Waals surface area contributed by atoms with E-state index in [0.717, 1.165) is 16.5 Å². The Morgan fingerprint density at radius 1 is 1.10 bits per heavy atom. The van der Waals surface area contributed by atoms with E-state index in [1.807, 2.05) is 31.2 Å². The second kappa shape index (κ2) is 5.06. The third-order valence-electron chi connectivity index (χ3n) is 3.38. The highest BCUT2D eigenvalue weighted by atomic mass is 35.5. The molecule has 0 saturated carbocycles. The molecule has 2 aromatic carbocycles. The summed E-state index contributed by atoms with van der Waals surface area (Å²) in [6.07, 6.45) is 1.74. The van der Waals surface area contributed by atoms with Crippen LogP contribution in [0.15, 0.2) is 54.7 Å². The number of aromatic nitrogens is 1. The van der Waals surface area contributed by atoms with E-state index in [1.54, 1.807) is 30.5 Å². The number of hydrogen-bond donors (Lipinski definition) is 0. The minimum absolute atomic E-state index is 0.0178. The molecule has 0 spiro atoms. The number of halogens is 1. The van der Waals surface area contributed by atoms with Crippen LogP contribution in [0.25, 0.3) is 10.9 Å². The highest BCUT2D eigenvalue weighted by Gasteiger charge is 2.13. The van der Waals surface area contributed by atoms with Gasteiger partial charge in [-0.25, -0.2) is 0 Å². The largest absolute Gasteiger partial charge is 0.289 e. The maximum Gasteiger partial charge on any atom is 0.193 e. The van der Waals surface area contributed by atoms with Gasteiger partial charge in [0.2, 0.25) is 0 Å². The first-order valence-corrected chi connectivity index (χ1v) is 6.69. The smallest absolute Gasteiger partial charge is 0.193 e. The summed E-state index contributed by atoms with van der Waals surface area (Å²) in [5.74, 6) is -0.0178. The molecule has 1 aromatic heterocycles. The summed E-state index contributed by atoms with van der Waals surface area (Å²) in [7, 11) is 0. The summed E-state index contributed by atoms with van der Waals surface area (Å²) in [6.45, 7) is 1.86. The van der Waals surface area contributed by atoms with Gasteiger partial charge in [-0.05, 0) is 42.8 Å². The van der Waals surface area contributed by atoms with Gasteiger partial charge in [0, 0.05) is 27.7 Å². The van der Waals surface area contributed by atoms with E-state index in [9.17, 15) is 4.79 Å². The molecule has 2 nitrogen and oxygen atoms in total. The Morgan fingerprint density at radius 3 is 2.80 bits per heavy atom. The number of carbonyl (C=O) groups excluding carboxylic acids is 1. The van der Waals surface area contributed by atoms with Crippen LogP contribution in [-0.4, -0.2) is 10.8 Å². The fraction of sp³-hybridized carbons (Fsp3) is 0.0588. The van der Waals surface area contributed by atoms with Crippen molar-refractivity contribution in [2.75, 3.05) is 0 Å². The molecular formula is C17H12ClNO. The summed E-state index contributed by atoms with van der Waals surface area (Å²) in [6, 6.07) is 14.7. The fourth-order valence-corrected chi connectivity index (χ4v) is 2.40. The third-order valence-corrected chi connectivity index (χ3v) is 3.79. The Bertz CT molecular complexity index is 811. The molecule has 3 heteroatoms. The van der Waals surface area contributed by atoms with Crippen LogP contribution in [0.1, 0.15) is 21.5 Å². The average Bonchev–Trinajstić information content (AvgIpc) is 2.49. The van der Waals surface area contributed by atoms with E-state index in [2.05, 4.69) is 4.98 Å². The molecule has 0 amide bonds. The van der Waals surface area contributed by atoms with Crippen molar-refractivity contribution in [3.63, 3.8) is 0 Å². The third kappa shape index (κ3) is 2.19. The maximum atomic E-state index is 12.6. The topological polar surface area (TPSA) is 30.0 Å². The van der Waals surface area contributed by atoms with Gasteiger partial charge in [0.15, 0.2) is 5.78 Å². The van der Waals surface area contributed by atoms with Crippen molar-refractivity contribution >= 4 is 28.3 Å². The summed E-state index contributed by atoms with van der Waals surface area (Å²) >= 11 is 6.08. The van der Waals surface area contributed by atoms with Crippen molar-refractivity contribution in [2.24, 2.45) is 0 Å². The SMILES string of the molecule is Cc1c(Cl)cccc1C(=O)c1ccc2ncccc2c1. The predicted molar refractivity (Wildman–Crippen MR) is 81.4 cm³/mol. The molecule has 0 fully saturated rings. The highest BCUT2D eigenvalue weighted by Crippen LogP contribution is 2.22. The second-order valence-corrected chi connectivity index (χ2v) is 5.06. The van der Waals surface area contributed by atoms with Gasteiger partial charge in [0.05, 0.1) is 5.52 Å². The molecular weight excluding hydrogens is 270 g/mol. The van der Waals surface area contributed by atoms with Crippen LogP contribution in [0.5, 0.6) is 0 Å². The van der Waals surface area contributed by atoms with Crippen LogP contribution < -0.4 is 0 Å². The average molecular weight is 282 g/mol. The zero-order chi connectivity index (χ0) is 14.1. The molecule has 0 saturated heterocycles. The van der Waals surface area contributed by atoms with Gasteiger partial charge < -0.3 is 0 Å². The van der Waals surface area contributed by atoms with E-state index < -0.39 is 0 Å². The van der Waals surface area contributed by atoms with Crippen molar-refractivity contribution in [2.45, 2.75) is 6.92 Å². The van der Waals surface area contributed by atoms with Gasteiger partial charge >= 0.3 is 0 Å². The van der Waals surface area contributed by atoms with Crippen LogP contribution in [0.3, 0.4) is 0 Å². The van der Waals surface area contributed by atoms with E-state index in [1.165, 1.54) is 0 Å². The lowest BCUT2D eigenvalue weighted by Crippen LogP contribution is -2.04. The van der Waals surface area contributed by atoms with E-state index in [-0.39, 0.29) is 5.78 Å². The van der Waals surface area contributed by atoms with Gasteiger partial charge in [0.25, 0.3) is 0 Å². The zero-order valence-electron chi connectivity index (χ0n) is 10.9. The molecule has 0 aliphatic heterocycles. The van der Waals surface area contributed by atoms with Crippen LogP contribution in [0.4, 0.5) is 0 Å². The van der Waals surface area contributed by atoms with E-state index in [0.29, 0.717) is 16.1 Å². The van der Waals surface area contributed by atoms with Gasteiger partial charge in [-0.1, -0.05) is 29.8 Å². The van der Waals surface area contributed by atoms with E-state index >= 15 is 0 Å². The highest BCUT2D eigenvalue weighted by molar-refractivity contribution is 6.32. The number of carbonyl (C=O) groups is 1. The summed E-state index contributed by atoms with van der Waals surface area (Å²) in [5, 5.41) is 1.57. The van der Waals surface area contributed by atoms with Crippen molar-refractivity contribution < 1.29 is 4.79 Å². The first kappa shape index (κ1) is 12.8. The molecule has 0 atom stereocenters. The normalized spacial score (nSPS) is 10.7. The predicted octanol–water partition coefficient (Wildman–Crippen LogP) is 4.43. The molecule has 0 unspecified atom stereocenters. The number of pyridine rings is 1. The van der Waals surface area contributed by atoms with Gasteiger partial charge in [-0.3, -0.25) is 9.78 Å². The molecule has 0 aliphatic carbocycles. The van der Waals surface area contributed by atoms with Crippen LogP contribution in [-0.2, 0) is 0 Å². The Hall–Kier alpha value is -2.19.